The van der Waals surface area contributed by atoms with Gasteiger partial charge in [-0.15, -0.1) is 0 Å². The van der Waals surface area contributed by atoms with E-state index in [0.717, 1.165) is 37.5 Å². The number of rotatable bonds is 3. The first-order valence-corrected chi connectivity index (χ1v) is 6.24. The largest absolute Gasteiger partial charge is 0.377 e. The van der Waals surface area contributed by atoms with Gasteiger partial charge in [-0.2, -0.15) is 0 Å². The predicted octanol–water partition coefficient (Wildman–Crippen LogP) is 1.80. The smallest absolute Gasteiger partial charge is 0.0711 e. The Bertz CT molecular complexity index is 200. The molecule has 14 heavy (non-hydrogen) atoms. The van der Waals surface area contributed by atoms with Crippen LogP contribution < -0.4 is 5.32 Å². The molecule has 0 radical (unpaired) electrons. The average Bonchev–Trinajstić information content (AvgIpc) is 2.91. The van der Waals surface area contributed by atoms with Gasteiger partial charge in [0.2, 0.25) is 0 Å². The topological polar surface area (TPSA) is 21.3 Å². The zero-order valence-electron chi connectivity index (χ0n) is 8.87. The van der Waals surface area contributed by atoms with Crippen LogP contribution in [0.1, 0.15) is 32.1 Å². The van der Waals surface area contributed by atoms with Gasteiger partial charge < -0.3 is 10.1 Å². The summed E-state index contributed by atoms with van der Waals surface area (Å²) in [5.74, 6) is 3.00. The molecule has 80 valence electrons. The van der Waals surface area contributed by atoms with Crippen LogP contribution in [0.2, 0.25) is 0 Å². The summed E-state index contributed by atoms with van der Waals surface area (Å²) in [6.45, 7) is 3.29. The molecule has 0 aromatic rings. The Labute approximate surface area is 86.4 Å². The van der Waals surface area contributed by atoms with Gasteiger partial charge in [-0.3, -0.25) is 0 Å². The summed E-state index contributed by atoms with van der Waals surface area (Å²) in [4.78, 5) is 0. The Balaban J connectivity index is 1.44. The Morgan fingerprint density at radius 3 is 2.79 bits per heavy atom. The van der Waals surface area contributed by atoms with Gasteiger partial charge in [0.15, 0.2) is 0 Å². The molecule has 0 spiro atoms. The van der Waals surface area contributed by atoms with Gasteiger partial charge in [0.1, 0.15) is 0 Å². The molecule has 2 bridgehead atoms. The standard InChI is InChI=1S/C12H21NO/c1-2-10-5-9(1)6-11(10)8-14-12-3-4-13-7-12/h9-13H,1-8H2. The van der Waals surface area contributed by atoms with Crippen LogP contribution in [0.25, 0.3) is 0 Å². The van der Waals surface area contributed by atoms with E-state index >= 15 is 0 Å². The summed E-state index contributed by atoms with van der Waals surface area (Å²) in [6.07, 6.45) is 7.71. The highest BCUT2D eigenvalue weighted by atomic mass is 16.5. The second-order valence-corrected chi connectivity index (χ2v) is 5.38. The van der Waals surface area contributed by atoms with Crippen LogP contribution in [0.3, 0.4) is 0 Å². The number of hydrogen-bond acceptors (Lipinski definition) is 2. The molecule has 1 N–H and O–H groups in total. The van der Waals surface area contributed by atoms with Crippen molar-refractivity contribution >= 4 is 0 Å². The fourth-order valence-corrected chi connectivity index (χ4v) is 3.61. The molecule has 0 aromatic carbocycles. The quantitative estimate of drug-likeness (QED) is 0.741. The van der Waals surface area contributed by atoms with E-state index in [0.29, 0.717) is 6.10 Å². The summed E-state index contributed by atoms with van der Waals surface area (Å²) in [6, 6.07) is 0. The normalized spacial score (nSPS) is 46.3. The first kappa shape index (κ1) is 9.17. The highest BCUT2D eigenvalue weighted by Gasteiger charge is 2.39. The number of fused-ring (bicyclic) bond motifs is 2. The lowest BCUT2D eigenvalue weighted by Gasteiger charge is -2.23. The average molecular weight is 195 g/mol. The van der Waals surface area contributed by atoms with Gasteiger partial charge in [0.25, 0.3) is 0 Å². The highest BCUT2D eigenvalue weighted by molar-refractivity contribution is 4.90. The van der Waals surface area contributed by atoms with E-state index in [9.17, 15) is 0 Å². The van der Waals surface area contributed by atoms with Crippen molar-refractivity contribution in [1.82, 2.24) is 5.32 Å². The van der Waals surface area contributed by atoms with Gasteiger partial charge in [0.05, 0.1) is 12.7 Å². The van der Waals surface area contributed by atoms with Crippen molar-refractivity contribution in [1.29, 1.82) is 0 Å². The third-order valence-electron chi connectivity index (χ3n) is 4.45. The molecule has 0 amide bonds. The Kier molecular flexibility index (Phi) is 2.50. The fraction of sp³-hybridized carbons (Fsp3) is 1.00. The van der Waals surface area contributed by atoms with Crippen molar-refractivity contribution in [3.8, 4) is 0 Å². The first-order valence-electron chi connectivity index (χ1n) is 6.24. The predicted molar refractivity (Wildman–Crippen MR) is 56.2 cm³/mol. The van der Waals surface area contributed by atoms with E-state index < -0.39 is 0 Å². The van der Waals surface area contributed by atoms with Crippen molar-refractivity contribution < 1.29 is 4.74 Å². The lowest BCUT2D eigenvalue weighted by Crippen LogP contribution is -2.23. The molecular formula is C12H21NO. The molecule has 2 saturated carbocycles. The van der Waals surface area contributed by atoms with Crippen LogP contribution in [0, 0.1) is 17.8 Å². The lowest BCUT2D eigenvalue weighted by molar-refractivity contribution is 0.0273. The van der Waals surface area contributed by atoms with Crippen LogP contribution in [-0.4, -0.2) is 25.8 Å². The molecule has 3 aliphatic rings. The SMILES string of the molecule is C1CC(OCC2CC3CCC2C3)CN1. The number of nitrogens with one attached hydrogen (secondary N) is 1. The fourth-order valence-electron chi connectivity index (χ4n) is 3.61. The van der Waals surface area contributed by atoms with E-state index in [1.807, 2.05) is 0 Å². The van der Waals surface area contributed by atoms with Crippen LogP contribution in [0.4, 0.5) is 0 Å². The molecule has 0 aromatic heterocycles. The molecule has 1 heterocycles. The van der Waals surface area contributed by atoms with Crippen molar-refractivity contribution in [2.45, 2.75) is 38.2 Å². The minimum Gasteiger partial charge on any atom is -0.377 e. The first-order chi connectivity index (χ1) is 6.92. The van der Waals surface area contributed by atoms with Gasteiger partial charge in [-0.05, 0) is 50.0 Å². The molecule has 2 aliphatic carbocycles. The Morgan fingerprint density at radius 1 is 1.14 bits per heavy atom. The third-order valence-corrected chi connectivity index (χ3v) is 4.45. The molecule has 1 aliphatic heterocycles. The zero-order valence-corrected chi connectivity index (χ0v) is 8.87. The zero-order chi connectivity index (χ0) is 9.38. The second kappa shape index (κ2) is 3.82. The maximum Gasteiger partial charge on any atom is 0.0711 e. The summed E-state index contributed by atoms with van der Waals surface area (Å²) in [5.41, 5.74) is 0. The van der Waals surface area contributed by atoms with E-state index in [4.69, 9.17) is 4.74 Å². The van der Waals surface area contributed by atoms with E-state index in [2.05, 4.69) is 5.32 Å². The maximum atomic E-state index is 5.98. The summed E-state index contributed by atoms with van der Waals surface area (Å²) >= 11 is 0. The third kappa shape index (κ3) is 1.70. The second-order valence-electron chi connectivity index (χ2n) is 5.38. The lowest BCUT2D eigenvalue weighted by atomic mass is 9.89. The molecule has 3 rings (SSSR count). The van der Waals surface area contributed by atoms with Gasteiger partial charge >= 0.3 is 0 Å². The van der Waals surface area contributed by atoms with Crippen LogP contribution >= 0.6 is 0 Å². The van der Waals surface area contributed by atoms with E-state index in [1.165, 1.54) is 32.1 Å². The Hall–Kier alpha value is -0.0800. The number of hydrogen-bond donors (Lipinski definition) is 1. The van der Waals surface area contributed by atoms with Crippen molar-refractivity contribution in [3.05, 3.63) is 0 Å². The monoisotopic (exact) mass is 195 g/mol. The van der Waals surface area contributed by atoms with Crippen LogP contribution in [0.5, 0.6) is 0 Å². The summed E-state index contributed by atoms with van der Waals surface area (Å²) in [5, 5.41) is 3.36. The van der Waals surface area contributed by atoms with Crippen LogP contribution in [0.15, 0.2) is 0 Å². The van der Waals surface area contributed by atoms with Crippen molar-refractivity contribution in [3.63, 3.8) is 0 Å². The van der Waals surface area contributed by atoms with Crippen molar-refractivity contribution in [2.75, 3.05) is 19.7 Å². The molecule has 4 unspecified atom stereocenters. The molecule has 2 nitrogen and oxygen atoms in total. The minimum atomic E-state index is 0.522. The molecule has 3 fully saturated rings. The maximum absolute atomic E-state index is 5.98. The highest BCUT2D eigenvalue weighted by Crippen LogP contribution is 2.48. The summed E-state index contributed by atoms with van der Waals surface area (Å²) < 4.78 is 5.98. The molecule has 2 heteroatoms. The van der Waals surface area contributed by atoms with Crippen molar-refractivity contribution in [2.24, 2.45) is 17.8 Å². The Morgan fingerprint density at radius 2 is 2.14 bits per heavy atom. The summed E-state index contributed by atoms with van der Waals surface area (Å²) in [7, 11) is 0. The van der Waals surface area contributed by atoms with E-state index in [1.54, 1.807) is 0 Å². The minimum absolute atomic E-state index is 0.522. The van der Waals surface area contributed by atoms with Crippen LogP contribution in [-0.2, 0) is 4.74 Å². The van der Waals surface area contributed by atoms with Gasteiger partial charge in [0, 0.05) is 6.54 Å². The van der Waals surface area contributed by atoms with Gasteiger partial charge in [-0.1, -0.05) is 6.42 Å². The molecule has 1 saturated heterocycles. The molecule has 4 atom stereocenters. The van der Waals surface area contributed by atoms with Gasteiger partial charge in [-0.25, -0.2) is 0 Å². The molecular weight excluding hydrogens is 174 g/mol. The number of ether oxygens (including phenoxy) is 1. The van der Waals surface area contributed by atoms with E-state index in [-0.39, 0.29) is 0 Å².